The van der Waals surface area contributed by atoms with E-state index in [1.165, 1.54) is 12.1 Å². The van der Waals surface area contributed by atoms with E-state index in [2.05, 4.69) is 29.2 Å². The molecule has 0 saturated heterocycles. The lowest BCUT2D eigenvalue weighted by Gasteiger charge is -2.11. The predicted octanol–water partition coefficient (Wildman–Crippen LogP) is 2.63. The van der Waals surface area contributed by atoms with Crippen molar-refractivity contribution in [2.45, 2.75) is 32.2 Å². The fourth-order valence-corrected chi connectivity index (χ4v) is 1.87. The zero-order chi connectivity index (χ0) is 10.2. The molecule has 1 N–H and O–H groups in total. The number of thiazole rings is 1. The molecule has 0 aliphatic rings. The molecule has 0 aliphatic heterocycles. The Bertz CT molecular complexity index is 244. The Hall–Kier alpha value is -0.670. The van der Waals surface area contributed by atoms with E-state index in [9.17, 15) is 0 Å². The van der Waals surface area contributed by atoms with Crippen LogP contribution in [0.2, 0.25) is 0 Å². The van der Waals surface area contributed by atoms with E-state index < -0.39 is 0 Å². The summed E-state index contributed by atoms with van der Waals surface area (Å²) >= 11 is 1.66. The Balaban J connectivity index is 2.06. The fourth-order valence-electron chi connectivity index (χ4n) is 1.28. The highest BCUT2D eigenvalue weighted by Crippen LogP contribution is 2.01. The Morgan fingerprint density at radius 1 is 1.71 bits per heavy atom. The molecule has 0 bridgehead atoms. The lowest BCUT2D eigenvalue weighted by Crippen LogP contribution is -2.27. The molecule has 1 unspecified atom stereocenters. The summed E-state index contributed by atoms with van der Waals surface area (Å²) in [5, 5.41) is 5.58. The van der Waals surface area contributed by atoms with Crippen LogP contribution in [-0.4, -0.2) is 17.6 Å². The Labute approximate surface area is 90.1 Å². The van der Waals surface area contributed by atoms with Gasteiger partial charge < -0.3 is 5.32 Å². The molecule has 1 heterocycles. The van der Waals surface area contributed by atoms with Crippen molar-refractivity contribution >= 4 is 11.3 Å². The third-order valence-corrected chi connectivity index (χ3v) is 2.80. The molecule has 1 rings (SSSR count). The number of allylic oxidation sites excluding steroid dienone is 1. The minimum absolute atomic E-state index is 0.576. The first-order chi connectivity index (χ1) is 6.83. The van der Waals surface area contributed by atoms with Gasteiger partial charge in [0, 0.05) is 24.4 Å². The van der Waals surface area contributed by atoms with E-state index in [0.29, 0.717) is 6.04 Å². The number of hydrogen-bond acceptors (Lipinski definition) is 3. The molecule has 0 radical (unpaired) electrons. The van der Waals surface area contributed by atoms with Crippen LogP contribution in [0, 0.1) is 0 Å². The average Bonchev–Trinajstić information content (AvgIpc) is 2.67. The summed E-state index contributed by atoms with van der Waals surface area (Å²) in [6.45, 7) is 6.95. The molecule has 0 amide bonds. The molecule has 1 aromatic heterocycles. The van der Waals surface area contributed by atoms with Gasteiger partial charge in [-0.25, -0.2) is 4.98 Å². The van der Waals surface area contributed by atoms with Crippen LogP contribution in [0.3, 0.4) is 0 Å². The highest BCUT2D eigenvalue weighted by molar-refractivity contribution is 7.07. The summed E-state index contributed by atoms with van der Waals surface area (Å²) < 4.78 is 0. The van der Waals surface area contributed by atoms with Gasteiger partial charge in [0.2, 0.25) is 0 Å². The van der Waals surface area contributed by atoms with Gasteiger partial charge in [-0.15, -0.1) is 17.9 Å². The van der Waals surface area contributed by atoms with Crippen LogP contribution in [0.15, 0.2) is 23.5 Å². The van der Waals surface area contributed by atoms with E-state index in [1.54, 1.807) is 11.3 Å². The summed E-state index contributed by atoms with van der Waals surface area (Å²) in [4.78, 5) is 4.24. The van der Waals surface area contributed by atoms with E-state index in [4.69, 9.17) is 0 Å². The molecule has 0 fully saturated rings. The normalized spacial score (nSPS) is 12.6. The van der Waals surface area contributed by atoms with Crippen LogP contribution in [0.4, 0.5) is 0 Å². The van der Waals surface area contributed by atoms with Gasteiger partial charge in [-0.2, -0.15) is 0 Å². The second-order valence-electron chi connectivity index (χ2n) is 3.45. The minimum Gasteiger partial charge on any atom is -0.314 e. The molecule has 1 aromatic rings. The number of hydrogen-bond donors (Lipinski definition) is 1. The predicted molar refractivity (Wildman–Crippen MR) is 62.7 cm³/mol. The lowest BCUT2D eigenvalue weighted by molar-refractivity contribution is 0.520. The maximum absolute atomic E-state index is 4.24. The summed E-state index contributed by atoms with van der Waals surface area (Å²) in [7, 11) is 0. The summed E-state index contributed by atoms with van der Waals surface area (Å²) in [6.07, 6.45) is 5.26. The molecule has 0 saturated carbocycles. The lowest BCUT2D eigenvalue weighted by atomic mass is 10.2. The quantitative estimate of drug-likeness (QED) is 0.700. The topological polar surface area (TPSA) is 24.9 Å². The van der Waals surface area contributed by atoms with Gasteiger partial charge in [0.15, 0.2) is 0 Å². The first kappa shape index (κ1) is 11.4. The van der Waals surface area contributed by atoms with Gasteiger partial charge in [-0.3, -0.25) is 0 Å². The maximum Gasteiger partial charge on any atom is 0.0794 e. The van der Waals surface area contributed by atoms with Crippen LogP contribution in [-0.2, 0) is 6.42 Å². The van der Waals surface area contributed by atoms with Gasteiger partial charge in [0.25, 0.3) is 0 Å². The van der Waals surface area contributed by atoms with Crippen molar-refractivity contribution in [3.05, 3.63) is 29.2 Å². The number of aromatic nitrogens is 1. The molecule has 1 atom stereocenters. The average molecular weight is 210 g/mol. The largest absolute Gasteiger partial charge is 0.314 e. The first-order valence-electron chi connectivity index (χ1n) is 5.04. The van der Waals surface area contributed by atoms with Crippen molar-refractivity contribution in [3.8, 4) is 0 Å². The molecule has 14 heavy (non-hydrogen) atoms. The van der Waals surface area contributed by atoms with Crippen molar-refractivity contribution < 1.29 is 0 Å². The van der Waals surface area contributed by atoms with Crippen LogP contribution in [0.25, 0.3) is 0 Å². The molecule has 0 aromatic carbocycles. The van der Waals surface area contributed by atoms with Crippen molar-refractivity contribution in [3.63, 3.8) is 0 Å². The number of rotatable bonds is 7. The molecule has 0 aliphatic carbocycles. The zero-order valence-corrected chi connectivity index (χ0v) is 9.52. The summed E-state index contributed by atoms with van der Waals surface area (Å²) in [5.74, 6) is 0. The van der Waals surface area contributed by atoms with E-state index in [-0.39, 0.29) is 0 Å². The Morgan fingerprint density at radius 2 is 2.57 bits per heavy atom. The third kappa shape index (κ3) is 4.53. The van der Waals surface area contributed by atoms with Gasteiger partial charge >= 0.3 is 0 Å². The summed E-state index contributed by atoms with van der Waals surface area (Å²) in [5.41, 5.74) is 3.08. The second-order valence-corrected chi connectivity index (χ2v) is 4.17. The first-order valence-corrected chi connectivity index (χ1v) is 5.98. The fraction of sp³-hybridized carbons (Fsp3) is 0.545. The standard InChI is InChI=1S/C11H18N2S/c1-3-4-5-10(2)12-7-6-11-8-14-9-13-11/h3,8-10,12H,1,4-7H2,2H3. The highest BCUT2D eigenvalue weighted by Gasteiger charge is 2.00. The van der Waals surface area contributed by atoms with E-state index in [1.807, 2.05) is 11.6 Å². The summed E-state index contributed by atoms with van der Waals surface area (Å²) in [6, 6.07) is 0.576. The van der Waals surface area contributed by atoms with Crippen molar-refractivity contribution in [1.29, 1.82) is 0 Å². The van der Waals surface area contributed by atoms with Crippen molar-refractivity contribution in [2.75, 3.05) is 6.54 Å². The number of nitrogens with one attached hydrogen (secondary N) is 1. The van der Waals surface area contributed by atoms with E-state index in [0.717, 1.165) is 19.4 Å². The van der Waals surface area contributed by atoms with Crippen molar-refractivity contribution in [1.82, 2.24) is 10.3 Å². The van der Waals surface area contributed by atoms with E-state index >= 15 is 0 Å². The van der Waals surface area contributed by atoms with Crippen LogP contribution < -0.4 is 5.32 Å². The van der Waals surface area contributed by atoms with Crippen LogP contribution in [0.5, 0.6) is 0 Å². The molecule has 3 heteroatoms. The van der Waals surface area contributed by atoms with Gasteiger partial charge in [0.1, 0.15) is 0 Å². The monoisotopic (exact) mass is 210 g/mol. The Morgan fingerprint density at radius 3 is 3.21 bits per heavy atom. The Kier molecular flexibility index (Phi) is 5.49. The molecule has 0 spiro atoms. The van der Waals surface area contributed by atoms with Crippen LogP contribution >= 0.6 is 11.3 Å². The van der Waals surface area contributed by atoms with Gasteiger partial charge in [0.05, 0.1) is 11.2 Å². The van der Waals surface area contributed by atoms with Gasteiger partial charge in [-0.05, 0) is 19.8 Å². The molecule has 78 valence electrons. The molecular weight excluding hydrogens is 192 g/mol. The SMILES string of the molecule is C=CCCC(C)NCCc1cscn1. The highest BCUT2D eigenvalue weighted by atomic mass is 32.1. The van der Waals surface area contributed by atoms with Crippen molar-refractivity contribution in [2.24, 2.45) is 0 Å². The van der Waals surface area contributed by atoms with Crippen LogP contribution in [0.1, 0.15) is 25.5 Å². The molecular formula is C11H18N2S. The zero-order valence-electron chi connectivity index (χ0n) is 8.70. The number of nitrogens with zero attached hydrogens (tertiary/aromatic N) is 1. The smallest absolute Gasteiger partial charge is 0.0794 e. The maximum atomic E-state index is 4.24. The minimum atomic E-state index is 0.576. The third-order valence-electron chi connectivity index (χ3n) is 2.16. The second kappa shape index (κ2) is 6.74. The molecule has 2 nitrogen and oxygen atoms in total. The van der Waals surface area contributed by atoms with Gasteiger partial charge in [-0.1, -0.05) is 6.08 Å².